The molecular weight excluding hydrogens is 336 g/mol. The number of para-hydroxylation sites is 2. The van der Waals surface area contributed by atoms with Crippen LogP contribution in [0.4, 0.5) is 5.69 Å². The van der Waals surface area contributed by atoms with Gasteiger partial charge in [-0.25, -0.2) is 4.98 Å². The summed E-state index contributed by atoms with van der Waals surface area (Å²) in [5.41, 5.74) is 5.94. The molecule has 2 aromatic carbocycles. The van der Waals surface area contributed by atoms with Gasteiger partial charge in [0.1, 0.15) is 0 Å². The van der Waals surface area contributed by atoms with Crippen molar-refractivity contribution in [3.05, 3.63) is 48.5 Å². The van der Waals surface area contributed by atoms with Crippen molar-refractivity contribution in [2.45, 2.75) is 19.4 Å². The molecule has 1 aliphatic heterocycles. The summed E-state index contributed by atoms with van der Waals surface area (Å²) in [6.45, 7) is 3.64. The average molecular weight is 358 g/mol. The van der Waals surface area contributed by atoms with Gasteiger partial charge in [0, 0.05) is 37.0 Å². The summed E-state index contributed by atoms with van der Waals surface area (Å²) >= 11 is 0. The van der Waals surface area contributed by atoms with Gasteiger partial charge in [0.15, 0.2) is 0 Å². The van der Waals surface area contributed by atoms with Crippen LogP contribution in [0.5, 0.6) is 0 Å². The minimum atomic E-state index is 0.704. The van der Waals surface area contributed by atoms with Gasteiger partial charge in [0.25, 0.3) is 0 Å². The van der Waals surface area contributed by atoms with Crippen LogP contribution in [-0.2, 0) is 11.3 Å². The van der Waals surface area contributed by atoms with Gasteiger partial charge in [-0.15, -0.1) is 0 Å². The third-order valence-corrected chi connectivity index (χ3v) is 5.52. The highest BCUT2D eigenvalue weighted by molar-refractivity contribution is 6.16. The number of carbonyl (C=O) groups is 1. The molecular formula is C22H22N4O. The number of pyridine rings is 1. The first-order valence-electron chi connectivity index (χ1n) is 9.60. The second-order valence-corrected chi connectivity index (χ2v) is 7.11. The molecule has 0 saturated heterocycles. The van der Waals surface area contributed by atoms with E-state index in [0.717, 1.165) is 49.9 Å². The predicted molar refractivity (Wildman–Crippen MR) is 110 cm³/mol. The number of hydrogen-bond acceptors (Lipinski definition) is 3. The number of anilines is 1. The molecule has 1 aliphatic rings. The van der Waals surface area contributed by atoms with Crippen molar-refractivity contribution < 1.29 is 4.79 Å². The van der Waals surface area contributed by atoms with Crippen LogP contribution in [0.3, 0.4) is 0 Å². The topological polar surface area (TPSA) is 50.2 Å². The third-order valence-electron chi connectivity index (χ3n) is 5.52. The van der Waals surface area contributed by atoms with Crippen molar-refractivity contribution in [3.8, 4) is 0 Å². The Morgan fingerprint density at radius 2 is 1.85 bits per heavy atom. The second kappa shape index (κ2) is 6.58. The molecule has 3 heterocycles. The lowest BCUT2D eigenvalue weighted by atomic mass is 10.1. The van der Waals surface area contributed by atoms with Gasteiger partial charge >= 0.3 is 0 Å². The summed E-state index contributed by atoms with van der Waals surface area (Å²) in [6, 6.07) is 17.0. The van der Waals surface area contributed by atoms with Crippen molar-refractivity contribution in [2.75, 3.05) is 24.5 Å². The minimum absolute atomic E-state index is 0.704. The van der Waals surface area contributed by atoms with Crippen LogP contribution < -0.4 is 10.2 Å². The maximum Gasteiger partial charge on any atom is 0.207 e. The Kier molecular flexibility index (Phi) is 3.93. The molecule has 0 aliphatic carbocycles. The summed E-state index contributed by atoms with van der Waals surface area (Å²) in [5, 5.41) is 5.21. The number of hydrogen-bond donors (Lipinski definition) is 1. The van der Waals surface area contributed by atoms with E-state index in [1.165, 1.54) is 27.5 Å². The maximum absolute atomic E-state index is 10.6. The quantitative estimate of drug-likeness (QED) is 0.437. The Hall–Kier alpha value is -3.08. The summed E-state index contributed by atoms with van der Waals surface area (Å²) in [4.78, 5) is 18.1. The van der Waals surface area contributed by atoms with Crippen LogP contribution in [0, 0.1) is 0 Å². The zero-order valence-electron chi connectivity index (χ0n) is 15.2. The first-order valence-corrected chi connectivity index (χ1v) is 9.60. The molecule has 0 bridgehead atoms. The van der Waals surface area contributed by atoms with E-state index in [1.54, 1.807) is 0 Å². The number of nitrogens with one attached hydrogen (secondary N) is 1. The van der Waals surface area contributed by atoms with Gasteiger partial charge < -0.3 is 14.8 Å². The summed E-state index contributed by atoms with van der Waals surface area (Å²) in [7, 11) is 0. The second-order valence-electron chi connectivity index (χ2n) is 7.11. The molecule has 1 N–H and O–H groups in total. The summed E-state index contributed by atoms with van der Waals surface area (Å²) in [6.07, 6.45) is 2.80. The zero-order chi connectivity index (χ0) is 18.2. The van der Waals surface area contributed by atoms with Crippen LogP contribution in [0.1, 0.15) is 12.8 Å². The van der Waals surface area contributed by atoms with Crippen molar-refractivity contribution in [1.29, 1.82) is 0 Å². The first kappa shape index (κ1) is 16.1. The number of carbonyl (C=O) groups excluding carboxylic acids is 1. The monoisotopic (exact) mass is 358 g/mol. The molecule has 0 unspecified atom stereocenters. The highest BCUT2D eigenvalue weighted by Gasteiger charge is 2.24. The normalized spacial score (nSPS) is 14.0. The summed E-state index contributed by atoms with van der Waals surface area (Å²) in [5.74, 6) is 0. The van der Waals surface area contributed by atoms with Gasteiger partial charge in [0.2, 0.25) is 6.41 Å². The van der Waals surface area contributed by atoms with Crippen molar-refractivity contribution in [3.63, 3.8) is 0 Å². The van der Waals surface area contributed by atoms with E-state index in [4.69, 9.17) is 4.98 Å². The zero-order valence-corrected chi connectivity index (χ0v) is 15.2. The molecule has 0 radical (unpaired) electrons. The summed E-state index contributed by atoms with van der Waals surface area (Å²) < 4.78 is 2.45. The Bertz CT molecular complexity index is 1150. The highest BCUT2D eigenvalue weighted by Crippen LogP contribution is 2.40. The molecule has 0 fully saturated rings. The van der Waals surface area contributed by atoms with E-state index in [2.05, 4.69) is 63.3 Å². The molecule has 0 atom stereocenters. The van der Waals surface area contributed by atoms with Gasteiger partial charge in [-0.3, -0.25) is 4.79 Å². The van der Waals surface area contributed by atoms with Crippen LogP contribution in [0.2, 0.25) is 0 Å². The smallest absolute Gasteiger partial charge is 0.207 e. The van der Waals surface area contributed by atoms with Crippen molar-refractivity contribution in [1.82, 2.24) is 14.9 Å². The molecule has 5 nitrogen and oxygen atoms in total. The molecule has 27 heavy (non-hydrogen) atoms. The average Bonchev–Trinajstić information content (AvgIpc) is 2.89. The third kappa shape index (κ3) is 2.53. The molecule has 4 aromatic rings. The van der Waals surface area contributed by atoms with E-state index in [1.807, 2.05) is 0 Å². The lowest BCUT2D eigenvalue weighted by Crippen LogP contribution is -2.28. The van der Waals surface area contributed by atoms with Crippen LogP contribution in [0.15, 0.2) is 48.5 Å². The van der Waals surface area contributed by atoms with E-state index < -0.39 is 0 Å². The van der Waals surface area contributed by atoms with Crippen LogP contribution >= 0.6 is 0 Å². The number of aryl methyl sites for hydroxylation is 1. The lowest BCUT2D eigenvalue weighted by molar-refractivity contribution is -0.109. The van der Waals surface area contributed by atoms with Crippen molar-refractivity contribution >= 4 is 44.9 Å². The van der Waals surface area contributed by atoms with Gasteiger partial charge in [0.05, 0.1) is 27.8 Å². The number of aromatic nitrogens is 2. The molecule has 1 amide bonds. The number of benzene rings is 2. The molecule has 0 saturated carbocycles. The Labute approximate surface area is 157 Å². The fourth-order valence-corrected chi connectivity index (χ4v) is 4.40. The first-order chi connectivity index (χ1) is 13.4. The Morgan fingerprint density at radius 1 is 1.04 bits per heavy atom. The fraction of sp³-hybridized carbons (Fsp3) is 0.273. The molecule has 5 rings (SSSR count). The van der Waals surface area contributed by atoms with Crippen LogP contribution in [0.25, 0.3) is 32.8 Å². The Morgan fingerprint density at radius 3 is 2.74 bits per heavy atom. The SMILES string of the molecule is O=CNCCCN1CCCn2c3ccccc3c3nc4ccccc4c1c32. The molecule has 0 spiro atoms. The van der Waals surface area contributed by atoms with E-state index in [-0.39, 0.29) is 0 Å². The number of fused-ring (bicyclic) bond motifs is 5. The van der Waals surface area contributed by atoms with Gasteiger partial charge in [-0.1, -0.05) is 36.4 Å². The number of amides is 1. The maximum atomic E-state index is 10.6. The molecule has 2 aromatic heterocycles. The van der Waals surface area contributed by atoms with E-state index in [9.17, 15) is 4.79 Å². The minimum Gasteiger partial charge on any atom is -0.369 e. The van der Waals surface area contributed by atoms with Gasteiger partial charge in [-0.2, -0.15) is 0 Å². The fourth-order valence-electron chi connectivity index (χ4n) is 4.40. The predicted octanol–water partition coefficient (Wildman–Crippen LogP) is 3.69. The Balaban J connectivity index is 1.79. The van der Waals surface area contributed by atoms with E-state index >= 15 is 0 Å². The standard InChI is InChI=1S/C22H22N4O/c27-15-23-11-5-12-25-13-6-14-26-19-10-4-2-8-17(19)20-22(26)21(25)16-7-1-3-9-18(16)24-20/h1-4,7-10,15H,5-6,11-14H2,(H,23,27). The highest BCUT2D eigenvalue weighted by atomic mass is 16.1. The lowest BCUT2D eigenvalue weighted by Gasteiger charge is -2.25. The van der Waals surface area contributed by atoms with Crippen LogP contribution in [-0.4, -0.2) is 35.6 Å². The number of rotatable bonds is 5. The number of nitrogens with zero attached hydrogens (tertiary/aromatic N) is 3. The van der Waals surface area contributed by atoms with Gasteiger partial charge in [-0.05, 0) is 25.0 Å². The van der Waals surface area contributed by atoms with Crippen molar-refractivity contribution in [2.24, 2.45) is 0 Å². The molecule has 5 heteroatoms. The largest absolute Gasteiger partial charge is 0.369 e. The van der Waals surface area contributed by atoms with E-state index in [0.29, 0.717) is 6.54 Å². The molecule has 136 valence electrons.